The summed E-state index contributed by atoms with van der Waals surface area (Å²) < 4.78 is 1.88. The van der Waals surface area contributed by atoms with Crippen molar-refractivity contribution in [1.82, 2.24) is 19.7 Å². The van der Waals surface area contributed by atoms with Crippen LogP contribution in [0.3, 0.4) is 0 Å². The zero-order valence-corrected chi connectivity index (χ0v) is 17.2. The van der Waals surface area contributed by atoms with E-state index in [0.717, 1.165) is 48.1 Å². The number of aryl methyl sites for hydroxylation is 2. The van der Waals surface area contributed by atoms with E-state index in [4.69, 9.17) is 11.6 Å². The van der Waals surface area contributed by atoms with E-state index < -0.39 is 0 Å². The predicted octanol–water partition coefficient (Wildman–Crippen LogP) is 3.79. The number of anilines is 2. The van der Waals surface area contributed by atoms with Gasteiger partial charge in [0.25, 0.3) is 0 Å². The Balaban J connectivity index is 1.43. The summed E-state index contributed by atoms with van der Waals surface area (Å²) in [5, 5.41) is 12.3. The molecule has 0 spiro atoms. The summed E-state index contributed by atoms with van der Waals surface area (Å²) in [6.07, 6.45) is 5.37. The molecule has 3 heterocycles. The van der Waals surface area contributed by atoms with Crippen molar-refractivity contribution in [2.75, 3.05) is 23.3 Å². The molecule has 1 aliphatic rings. The molecule has 1 aromatic carbocycles. The fraction of sp³-hybridized carbons (Fsp3) is 0.333. The van der Waals surface area contributed by atoms with Gasteiger partial charge in [0.2, 0.25) is 5.91 Å². The number of nitrogens with one attached hydrogen (secondary N) is 1. The number of aromatic nitrogens is 4. The number of imidazole rings is 1. The van der Waals surface area contributed by atoms with Gasteiger partial charge in [0.1, 0.15) is 5.82 Å². The van der Waals surface area contributed by atoms with Crippen molar-refractivity contribution >= 4 is 29.0 Å². The van der Waals surface area contributed by atoms with Crippen LogP contribution in [0.2, 0.25) is 5.02 Å². The van der Waals surface area contributed by atoms with Crippen LogP contribution in [0.1, 0.15) is 24.2 Å². The Morgan fingerprint density at radius 1 is 1.17 bits per heavy atom. The van der Waals surface area contributed by atoms with Crippen molar-refractivity contribution in [3.8, 4) is 5.82 Å². The molecule has 2 aromatic heterocycles. The number of nitrogens with zero attached hydrogens (tertiary/aromatic N) is 5. The molecule has 1 saturated heterocycles. The van der Waals surface area contributed by atoms with Crippen molar-refractivity contribution in [3.63, 3.8) is 0 Å². The van der Waals surface area contributed by atoms with Gasteiger partial charge in [-0.25, -0.2) is 4.98 Å². The number of hydrogen-bond donors (Lipinski definition) is 1. The summed E-state index contributed by atoms with van der Waals surface area (Å²) >= 11 is 6.17. The standard InChI is InChI=1S/C21H23ClN6O/c1-14-5-6-17(12-18(14)22)24-21(29)16-4-3-10-27(13-16)19-7-8-20(26-25-19)28-11-9-23-15(28)2/h5-9,11-12,16H,3-4,10,13H2,1-2H3,(H,24,29). The second-order valence-corrected chi connectivity index (χ2v) is 7.74. The monoisotopic (exact) mass is 410 g/mol. The highest BCUT2D eigenvalue weighted by molar-refractivity contribution is 6.31. The third-order valence-electron chi connectivity index (χ3n) is 5.26. The lowest BCUT2D eigenvalue weighted by atomic mass is 9.97. The number of halogens is 1. The van der Waals surface area contributed by atoms with Crippen molar-refractivity contribution in [2.45, 2.75) is 26.7 Å². The Morgan fingerprint density at radius 3 is 2.66 bits per heavy atom. The van der Waals surface area contributed by atoms with E-state index in [1.807, 2.05) is 48.9 Å². The minimum absolute atomic E-state index is 0.00763. The smallest absolute Gasteiger partial charge is 0.229 e. The Hall–Kier alpha value is -2.93. The molecule has 4 rings (SSSR count). The third-order valence-corrected chi connectivity index (χ3v) is 5.67. The molecule has 29 heavy (non-hydrogen) atoms. The van der Waals surface area contributed by atoms with Gasteiger partial charge in [-0.3, -0.25) is 9.36 Å². The van der Waals surface area contributed by atoms with Gasteiger partial charge >= 0.3 is 0 Å². The second-order valence-electron chi connectivity index (χ2n) is 7.33. The molecule has 3 aromatic rings. The van der Waals surface area contributed by atoms with E-state index in [0.29, 0.717) is 11.6 Å². The van der Waals surface area contributed by atoms with Crippen molar-refractivity contribution in [2.24, 2.45) is 5.92 Å². The van der Waals surface area contributed by atoms with Crippen LogP contribution in [-0.2, 0) is 4.79 Å². The summed E-state index contributed by atoms with van der Waals surface area (Å²) in [5.41, 5.74) is 1.71. The summed E-state index contributed by atoms with van der Waals surface area (Å²) in [4.78, 5) is 19.1. The largest absolute Gasteiger partial charge is 0.354 e. The molecule has 0 bridgehead atoms. The van der Waals surface area contributed by atoms with Gasteiger partial charge in [-0.2, -0.15) is 0 Å². The van der Waals surface area contributed by atoms with E-state index in [2.05, 4.69) is 25.4 Å². The van der Waals surface area contributed by atoms with Gasteiger partial charge in [0.15, 0.2) is 11.6 Å². The molecule has 1 N–H and O–H groups in total. The van der Waals surface area contributed by atoms with E-state index in [1.165, 1.54) is 0 Å². The molecule has 1 unspecified atom stereocenters. The first kappa shape index (κ1) is 19.4. The maximum Gasteiger partial charge on any atom is 0.229 e. The molecule has 1 amide bonds. The molecule has 1 fully saturated rings. The summed E-state index contributed by atoms with van der Waals surface area (Å²) in [6, 6.07) is 9.45. The van der Waals surface area contributed by atoms with Crippen molar-refractivity contribution < 1.29 is 4.79 Å². The molecule has 0 saturated carbocycles. The first-order valence-electron chi connectivity index (χ1n) is 9.67. The van der Waals surface area contributed by atoms with Crippen LogP contribution in [0, 0.1) is 19.8 Å². The molecule has 1 aliphatic heterocycles. The Bertz CT molecular complexity index is 1020. The fourth-order valence-electron chi connectivity index (χ4n) is 3.55. The Kier molecular flexibility index (Phi) is 5.49. The van der Waals surface area contributed by atoms with Crippen molar-refractivity contribution in [1.29, 1.82) is 0 Å². The topological polar surface area (TPSA) is 75.9 Å². The molecular weight excluding hydrogens is 388 g/mol. The maximum absolute atomic E-state index is 12.8. The van der Waals surface area contributed by atoms with Gasteiger partial charge in [0.05, 0.1) is 5.92 Å². The van der Waals surface area contributed by atoms with Crippen LogP contribution >= 0.6 is 11.6 Å². The third kappa shape index (κ3) is 4.24. The number of rotatable bonds is 4. The highest BCUT2D eigenvalue weighted by Gasteiger charge is 2.27. The number of carbonyl (C=O) groups excluding carboxylic acids is 1. The molecular formula is C21H23ClN6O. The average Bonchev–Trinajstić information content (AvgIpc) is 3.17. The minimum atomic E-state index is -0.110. The normalized spacial score (nSPS) is 16.7. The van der Waals surface area contributed by atoms with Crippen LogP contribution in [0.5, 0.6) is 0 Å². The number of hydrogen-bond acceptors (Lipinski definition) is 5. The van der Waals surface area contributed by atoms with Gasteiger partial charge in [-0.1, -0.05) is 17.7 Å². The number of piperidine rings is 1. The van der Waals surface area contributed by atoms with Gasteiger partial charge < -0.3 is 10.2 Å². The molecule has 0 aliphatic carbocycles. The van der Waals surface area contributed by atoms with Crippen LogP contribution in [0.4, 0.5) is 11.5 Å². The first-order valence-corrected chi connectivity index (χ1v) is 10.0. The van der Waals surface area contributed by atoms with Crippen LogP contribution in [0.25, 0.3) is 5.82 Å². The highest BCUT2D eigenvalue weighted by Crippen LogP contribution is 2.25. The summed E-state index contributed by atoms with van der Waals surface area (Å²) in [5.74, 6) is 2.26. The van der Waals surface area contributed by atoms with Crippen LogP contribution in [-0.4, -0.2) is 38.7 Å². The first-order chi connectivity index (χ1) is 14.0. The van der Waals surface area contributed by atoms with Crippen LogP contribution in [0.15, 0.2) is 42.7 Å². The lowest BCUT2D eigenvalue weighted by Gasteiger charge is -2.32. The summed E-state index contributed by atoms with van der Waals surface area (Å²) in [7, 11) is 0. The highest BCUT2D eigenvalue weighted by atomic mass is 35.5. The van der Waals surface area contributed by atoms with Crippen LogP contribution < -0.4 is 10.2 Å². The quantitative estimate of drug-likeness (QED) is 0.708. The number of benzene rings is 1. The van der Waals surface area contributed by atoms with E-state index in [1.54, 1.807) is 12.3 Å². The molecule has 7 nitrogen and oxygen atoms in total. The van der Waals surface area contributed by atoms with E-state index >= 15 is 0 Å². The lowest BCUT2D eigenvalue weighted by Crippen LogP contribution is -2.41. The Morgan fingerprint density at radius 2 is 1.97 bits per heavy atom. The van der Waals surface area contributed by atoms with Crippen molar-refractivity contribution in [3.05, 3.63) is 59.1 Å². The summed E-state index contributed by atoms with van der Waals surface area (Å²) in [6.45, 7) is 5.33. The number of carbonyl (C=O) groups is 1. The van der Waals surface area contributed by atoms with E-state index in [9.17, 15) is 4.79 Å². The fourth-order valence-corrected chi connectivity index (χ4v) is 3.73. The van der Waals surface area contributed by atoms with E-state index in [-0.39, 0.29) is 11.8 Å². The zero-order valence-electron chi connectivity index (χ0n) is 16.5. The SMILES string of the molecule is Cc1ccc(NC(=O)C2CCCN(c3ccc(-n4ccnc4C)nn3)C2)cc1Cl. The van der Waals surface area contributed by atoms with Gasteiger partial charge in [-0.05, 0) is 56.5 Å². The lowest BCUT2D eigenvalue weighted by molar-refractivity contribution is -0.120. The maximum atomic E-state index is 12.8. The van der Waals surface area contributed by atoms with Gasteiger partial charge in [-0.15, -0.1) is 10.2 Å². The number of amides is 1. The van der Waals surface area contributed by atoms with Gasteiger partial charge in [0, 0.05) is 36.2 Å². The molecule has 1 atom stereocenters. The minimum Gasteiger partial charge on any atom is -0.354 e. The molecule has 0 radical (unpaired) electrons. The zero-order chi connectivity index (χ0) is 20.4. The Labute approximate surface area is 174 Å². The molecule has 8 heteroatoms. The molecule has 150 valence electrons. The second kappa shape index (κ2) is 8.21. The average molecular weight is 411 g/mol. The predicted molar refractivity (Wildman–Crippen MR) is 114 cm³/mol.